The number of nitrogens with zero attached hydrogens (tertiary/aromatic N) is 2. The summed E-state index contributed by atoms with van der Waals surface area (Å²) in [5, 5.41) is 12.3. The summed E-state index contributed by atoms with van der Waals surface area (Å²) in [6, 6.07) is 7.41. The molecule has 6 heteroatoms. The van der Waals surface area contributed by atoms with Crippen LogP contribution < -0.4 is 9.64 Å². The van der Waals surface area contributed by atoms with Crippen molar-refractivity contribution in [2.24, 2.45) is 11.8 Å². The van der Waals surface area contributed by atoms with Crippen molar-refractivity contribution in [1.29, 1.82) is 0 Å². The second-order valence-corrected chi connectivity index (χ2v) is 7.55. The van der Waals surface area contributed by atoms with Crippen LogP contribution in [-0.2, 0) is 0 Å². The predicted molar refractivity (Wildman–Crippen MR) is 96.6 cm³/mol. The molecule has 0 N–H and O–H groups in total. The molecule has 0 unspecified atom stereocenters. The van der Waals surface area contributed by atoms with Gasteiger partial charge in [0, 0.05) is 23.2 Å². The van der Waals surface area contributed by atoms with Crippen molar-refractivity contribution >= 4 is 32.8 Å². The van der Waals surface area contributed by atoms with E-state index < -0.39 is 9.67 Å². The molecule has 23 heavy (non-hydrogen) atoms. The second-order valence-electron chi connectivity index (χ2n) is 6.53. The summed E-state index contributed by atoms with van der Waals surface area (Å²) in [6.07, 6.45) is 0. The van der Waals surface area contributed by atoms with Crippen LogP contribution in [0.1, 0.15) is 27.7 Å². The molecule has 2 rings (SSSR count). The Kier molecular flexibility index (Phi) is 5.36. The first kappa shape index (κ1) is 17.4. The molecule has 0 fully saturated rings. The molecule has 2 aromatic rings. The third-order valence-corrected chi connectivity index (χ3v) is 4.39. The summed E-state index contributed by atoms with van der Waals surface area (Å²) < 4.78 is 0.303. The van der Waals surface area contributed by atoms with Gasteiger partial charge >= 0.3 is 10.4 Å². The van der Waals surface area contributed by atoms with E-state index in [2.05, 4.69) is 27.7 Å². The average molecular weight is 334 g/mol. The third kappa shape index (κ3) is 3.88. The lowest BCUT2D eigenvalue weighted by Gasteiger charge is -2.28. The minimum Gasteiger partial charge on any atom is -0.365 e. The molecule has 1 aromatic heterocycles. The SMILES string of the molecule is CC(C)CN(CC(C)C)c1c([N+](=O)[O-])c(=O)sc2ccccc12. The summed E-state index contributed by atoms with van der Waals surface area (Å²) in [5.74, 6) is 0.678. The lowest BCUT2D eigenvalue weighted by Crippen LogP contribution is -2.32. The predicted octanol–water partition coefficient (Wildman–Crippen LogP) is 4.29. The fourth-order valence-corrected chi connectivity index (χ4v) is 3.63. The highest BCUT2D eigenvalue weighted by Gasteiger charge is 2.27. The van der Waals surface area contributed by atoms with Crippen molar-refractivity contribution in [3.63, 3.8) is 0 Å². The Morgan fingerprint density at radius 3 is 2.22 bits per heavy atom. The Bertz CT molecular complexity index is 758. The van der Waals surface area contributed by atoms with Crippen LogP contribution in [-0.4, -0.2) is 18.0 Å². The van der Waals surface area contributed by atoms with E-state index in [1.165, 1.54) is 0 Å². The van der Waals surface area contributed by atoms with Gasteiger partial charge in [0.25, 0.3) is 0 Å². The smallest absolute Gasteiger partial charge is 0.350 e. The summed E-state index contributed by atoms with van der Waals surface area (Å²) >= 11 is 0.942. The van der Waals surface area contributed by atoms with Crippen molar-refractivity contribution in [1.82, 2.24) is 0 Å². The van der Waals surface area contributed by atoms with Gasteiger partial charge in [-0.25, -0.2) is 0 Å². The minimum atomic E-state index is -0.533. The molecule has 0 radical (unpaired) electrons. The van der Waals surface area contributed by atoms with Gasteiger partial charge in [-0.3, -0.25) is 14.9 Å². The molecular formula is C17H22N2O3S. The number of nitro groups is 1. The van der Waals surface area contributed by atoms with Crippen molar-refractivity contribution < 1.29 is 4.92 Å². The molecule has 1 heterocycles. The molecule has 0 aliphatic heterocycles. The quantitative estimate of drug-likeness (QED) is 0.584. The van der Waals surface area contributed by atoms with Gasteiger partial charge in [0.1, 0.15) is 5.69 Å². The van der Waals surface area contributed by atoms with Crippen LogP contribution >= 0.6 is 11.3 Å². The van der Waals surface area contributed by atoms with Crippen LogP contribution in [0, 0.1) is 22.0 Å². The van der Waals surface area contributed by atoms with Crippen LogP contribution in [0.3, 0.4) is 0 Å². The maximum Gasteiger partial charge on any atom is 0.350 e. The zero-order valence-corrected chi connectivity index (χ0v) is 14.7. The standard InChI is InChI=1S/C17H22N2O3S/c1-11(2)9-18(10-12(3)4)15-13-7-5-6-8-14(13)23-17(20)16(15)19(21)22/h5-8,11-12H,9-10H2,1-4H3. The Balaban J connectivity index is 2.78. The lowest BCUT2D eigenvalue weighted by molar-refractivity contribution is -0.384. The number of fused-ring (bicyclic) bond motifs is 1. The first-order valence-corrected chi connectivity index (χ1v) is 8.58. The van der Waals surface area contributed by atoms with E-state index in [0.717, 1.165) is 21.4 Å². The van der Waals surface area contributed by atoms with Crippen LogP contribution in [0.5, 0.6) is 0 Å². The average Bonchev–Trinajstić information content (AvgIpc) is 2.43. The van der Waals surface area contributed by atoms with Crippen molar-refractivity contribution in [2.45, 2.75) is 27.7 Å². The molecule has 0 bridgehead atoms. The molecule has 0 aliphatic carbocycles. The fourth-order valence-electron chi connectivity index (χ4n) is 2.74. The van der Waals surface area contributed by atoms with Crippen LogP contribution in [0.25, 0.3) is 10.1 Å². The van der Waals surface area contributed by atoms with E-state index in [1.807, 2.05) is 29.2 Å². The van der Waals surface area contributed by atoms with E-state index in [4.69, 9.17) is 0 Å². The summed E-state index contributed by atoms with van der Waals surface area (Å²) in [4.78, 5) is 25.3. The highest BCUT2D eigenvalue weighted by atomic mass is 32.1. The second kappa shape index (κ2) is 7.08. The molecule has 0 saturated carbocycles. The van der Waals surface area contributed by atoms with E-state index >= 15 is 0 Å². The van der Waals surface area contributed by atoms with Gasteiger partial charge in [0.2, 0.25) is 0 Å². The molecule has 5 nitrogen and oxygen atoms in total. The largest absolute Gasteiger partial charge is 0.365 e. The normalized spacial score (nSPS) is 11.4. The molecule has 0 atom stereocenters. The van der Waals surface area contributed by atoms with Crippen molar-refractivity contribution in [2.75, 3.05) is 18.0 Å². The zero-order chi connectivity index (χ0) is 17.1. The maximum atomic E-state index is 12.3. The van der Waals surface area contributed by atoms with Gasteiger partial charge in [-0.1, -0.05) is 57.2 Å². The van der Waals surface area contributed by atoms with Crippen LogP contribution in [0.15, 0.2) is 29.1 Å². The summed E-state index contributed by atoms with van der Waals surface area (Å²) in [7, 11) is 0. The monoisotopic (exact) mass is 334 g/mol. The van der Waals surface area contributed by atoms with Gasteiger partial charge < -0.3 is 4.90 Å². The molecule has 0 aliphatic rings. The third-order valence-electron chi connectivity index (χ3n) is 3.43. The van der Waals surface area contributed by atoms with Gasteiger partial charge in [0.05, 0.1) is 4.92 Å². The summed E-state index contributed by atoms with van der Waals surface area (Å²) in [5.41, 5.74) is 0.173. The van der Waals surface area contributed by atoms with Gasteiger partial charge in [0.15, 0.2) is 0 Å². The van der Waals surface area contributed by atoms with E-state index in [9.17, 15) is 14.9 Å². The van der Waals surface area contributed by atoms with Crippen molar-refractivity contribution in [3.05, 3.63) is 43.9 Å². The van der Waals surface area contributed by atoms with E-state index in [0.29, 0.717) is 30.6 Å². The lowest BCUT2D eigenvalue weighted by atomic mass is 10.1. The summed E-state index contributed by atoms with van der Waals surface area (Å²) in [6.45, 7) is 9.65. The molecule has 0 amide bonds. The number of anilines is 1. The minimum absolute atomic E-state index is 0.296. The van der Waals surface area contributed by atoms with Crippen LogP contribution in [0.4, 0.5) is 11.4 Å². The Morgan fingerprint density at radius 2 is 1.70 bits per heavy atom. The van der Waals surface area contributed by atoms with Gasteiger partial charge in [-0.15, -0.1) is 0 Å². The first-order valence-electron chi connectivity index (χ1n) is 7.76. The Morgan fingerprint density at radius 1 is 1.13 bits per heavy atom. The van der Waals surface area contributed by atoms with Gasteiger partial charge in [-0.05, 0) is 17.9 Å². The number of hydrogen-bond acceptors (Lipinski definition) is 5. The Labute approximate surface area is 139 Å². The van der Waals surface area contributed by atoms with Crippen LogP contribution in [0.2, 0.25) is 0 Å². The zero-order valence-electron chi connectivity index (χ0n) is 13.9. The van der Waals surface area contributed by atoms with E-state index in [1.54, 1.807) is 0 Å². The molecule has 124 valence electrons. The molecule has 0 saturated heterocycles. The first-order chi connectivity index (χ1) is 10.8. The molecule has 0 spiro atoms. The molecular weight excluding hydrogens is 312 g/mol. The van der Waals surface area contributed by atoms with Gasteiger partial charge in [-0.2, -0.15) is 0 Å². The molecule has 1 aromatic carbocycles. The highest BCUT2D eigenvalue weighted by Crippen LogP contribution is 2.36. The maximum absolute atomic E-state index is 12.3. The van der Waals surface area contributed by atoms with E-state index in [-0.39, 0.29) is 5.69 Å². The number of hydrogen-bond donors (Lipinski definition) is 0. The number of benzene rings is 1. The highest BCUT2D eigenvalue weighted by molar-refractivity contribution is 7.16. The number of rotatable bonds is 6. The topological polar surface area (TPSA) is 63.4 Å². The fraction of sp³-hybridized carbons (Fsp3) is 0.471. The van der Waals surface area contributed by atoms with Crippen molar-refractivity contribution in [3.8, 4) is 0 Å². The Hall–Kier alpha value is -1.95.